The van der Waals surface area contributed by atoms with E-state index >= 15 is 0 Å². The summed E-state index contributed by atoms with van der Waals surface area (Å²) < 4.78 is 15.5. The molecule has 0 aliphatic carbocycles. The van der Waals surface area contributed by atoms with Gasteiger partial charge in [0, 0.05) is 25.3 Å². The molecule has 0 radical (unpaired) electrons. The van der Waals surface area contributed by atoms with Crippen molar-refractivity contribution in [3.05, 3.63) is 23.8 Å². The molecule has 1 aliphatic heterocycles. The van der Waals surface area contributed by atoms with E-state index in [4.69, 9.17) is 14.2 Å². The normalized spacial score (nSPS) is 16.6. The van der Waals surface area contributed by atoms with Gasteiger partial charge < -0.3 is 24.6 Å². The van der Waals surface area contributed by atoms with Crippen molar-refractivity contribution in [3.63, 3.8) is 0 Å². The summed E-state index contributed by atoms with van der Waals surface area (Å²) >= 11 is 0. The molecule has 2 rings (SSSR count). The first-order valence-electron chi connectivity index (χ1n) is 6.04. The molecule has 6 nitrogen and oxygen atoms in total. The first kappa shape index (κ1) is 13.6. The molecule has 104 valence electrons. The van der Waals surface area contributed by atoms with Crippen LogP contribution in [0.3, 0.4) is 0 Å². The number of carbonyl (C=O) groups is 1. The molecule has 1 amide bonds. The topological polar surface area (TPSA) is 77.0 Å². The summed E-state index contributed by atoms with van der Waals surface area (Å²) in [5, 5.41) is 12.2. The Morgan fingerprint density at radius 2 is 2.42 bits per heavy atom. The number of carbonyl (C=O) groups excluding carboxylic acids is 1. The molecule has 1 heterocycles. The maximum atomic E-state index is 11.4. The lowest BCUT2D eigenvalue weighted by Crippen LogP contribution is -2.31. The van der Waals surface area contributed by atoms with Crippen molar-refractivity contribution in [2.45, 2.75) is 6.10 Å². The summed E-state index contributed by atoms with van der Waals surface area (Å²) in [7, 11) is 1.57. The maximum Gasteiger partial charge on any atom is 0.258 e. The van der Waals surface area contributed by atoms with Crippen LogP contribution in [-0.4, -0.2) is 44.5 Å². The van der Waals surface area contributed by atoms with Crippen LogP contribution in [-0.2, 0) is 9.53 Å². The number of amides is 1. The lowest BCUT2D eigenvalue weighted by Gasteiger charge is -2.08. The van der Waals surface area contributed by atoms with Gasteiger partial charge in [-0.3, -0.25) is 4.79 Å². The van der Waals surface area contributed by atoms with Crippen molar-refractivity contribution in [2.75, 3.05) is 33.5 Å². The average Bonchev–Trinajstić information content (AvgIpc) is 2.78. The van der Waals surface area contributed by atoms with Crippen molar-refractivity contribution in [2.24, 2.45) is 0 Å². The Morgan fingerprint density at radius 1 is 1.58 bits per heavy atom. The average molecular weight is 267 g/mol. The van der Waals surface area contributed by atoms with Gasteiger partial charge in [-0.15, -0.1) is 0 Å². The van der Waals surface area contributed by atoms with E-state index in [1.54, 1.807) is 25.3 Å². The summed E-state index contributed by atoms with van der Waals surface area (Å²) in [5.74, 6) is 0.929. The second-order valence-electron chi connectivity index (χ2n) is 4.16. The SMILES string of the molecule is COCCNC(=O)COc1ccc2c(c1)OCC2O. The predicted octanol–water partition coefficient (Wildman–Crippen LogP) is 0.254. The van der Waals surface area contributed by atoms with E-state index in [2.05, 4.69) is 5.32 Å². The summed E-state index contributed by atoms with van der Waals surface area (Å²) in [6.07, 6.45) is -0.582. The Hall–Kier alpha value is -1.79. The van der Waals surface area contributed by atoms with E-state index in [1.807, 2.05) is 0 Å². The van der Waals surface area contributed by atoms with Crippen LogP contribution in [0.4, 0.5) is 0 Å². The quantitative estimate of drug-likeness (QED) is 0.723. The number of methoxy groups -OCH3 is 1. The van der Waals surface area contributed by atoms with Gasteiger partial charge in [0.1, 0.15) is 24.2 Å². The fourth-order valence-corrected chi connectivity index (χ4v) is 1.76. The summed E-state index contributed by atoms with van der Waals surface area (Å²) in [6.45, 7) is 1.12. The van der Waals surface area contributed by atoms with Crippen LogP contribution in [0, 0.1) is 0 Å². The van der Waals surface area contributed by atoms with Crippen LogP contribution >= 0.6 is 0 Å². The van der Waals surface area contributed by atoms with E-state index in [1.165, 1.54) is 0 Å². The molecule has 0 spiro atoms. The molecule has 2 N–H and O–H groups in total. The second-order valence-corrected chi connectivity index (χ2v) is 4.16. The Labute approximate surface area is 111 Å². The number of fused-ring (bicyclic) bond motifs is 1. The highest BCUT2D eigenvalue weighted by Gasteiger charge is 2.22. The molecule has 6 heteroatoms. The van der Waals surface area contributed by atoms with Gasteiger partial charge in [0.05, 0.1) is 6.61 Å². The molecule has 0 saturated heterocycles. The van der Waals surface area contributed by atoms with Gasteiger partial charge in [0.25, 0.3) is 5.91 Å². The minimum Gasteiger partial charge on any atom is -0.490 e. The molecular formula is C13H17NO5. The van der Waals surface area contributed by atoms with E-state index in [0.717, 1.165) is 5.56 Å². The third-order valence-corrected chi connectivity index (χ3v) is 2.74. The number of rotatable bonds is 6. The number of benzene rings is 1. The number of hydrogen-bond acceptors (Lipinski definition) is 5. The van der Waals surface area contributed by atoms with Crippen LogP contribution in [0.2, 0.25) is 0 Å². The molecule has 0 aromatic heterocycles. The van der Waals surface area contributed by atoms with E-state index in [0.29, 0.717) is 24.7 Å². The first-order valence-corrected chi connectivity index (χ1v) is 6.04. The van der Waals surface area contributed by atoms with E-state index in [-0.39, 0.29) is 19.1 Å². The third-order valence-electron chi connectivity index (χ3n) is 2.74. The molecule has 0 fully saturated rings. The van der Waals surface area contributed by atoms with Crippen LogP contribution in [0.25, 0.3) is 0 Å². The molecule has 19 heavy (non-hydrogen) atoms. The lowest BCUT2D eigenvalue weighted by atomic mass is 10.1. The maximum absolute atomic E-state index is 11.4. The number of aliphatic hydroxyl groups excluding tert-OH is 1. The molecule has 0 bridgehead atoms. The smallest absolute Gasteiger partial charge is 0.258 e. The number of nitrogens with one attached hydrogen (secondary N) is 1. The number of ether oxygens (including phenoxy) is 3. The number of hydrogen-bond donors (Lipinski definition) is 2. The van der Waals surface area contributed by atoms with Gasteiger partial charge in [-0.05, 0) is 12.1 Å². The zero-order valence-corrected chi connectivity index (χ0v) is 10.7. The van der Waals surface area contributed by atoms with Gasteiger partial charge >= 0.3 is 0 Å². The summed E-state index contributed by atoms with van der Waals surface area (Å²) in [5.41, 5.74) is 0.747. The zero-order chi connectivity index (χ0) is 13.7. The Bertz CT molecular complexity index is 449. The lowest BCUT2D eigenvalue weighted by molar-refractivity contribution is -0.123. The van der Waals surface area contributed by atoms with E-state index < -0.39 is 6.10 Å². The van der Waals surface area contributed by atoms with Crippen LogP contribution < -0.4 is 14.8 Å². The van der Waals surface area contributed by atoms with E-state index in [9.17, 15) is 9.90 Å². The van der Waals surface area contributed by atoms with Crippen LogP contribution in [0.15, 0.2) is 18.2 Å². The van der Waals surface area contributed by atoms with Crippen molar-refractivity contribution in [1.82, 2.24) is 5.32 Å². The van der Waals surface area contributed by atoms with Crippen molar-refractivity contribution in [3.8, 4) is 11.5 Å². The fraction of sp³-hybridized carbons (Fsp3) is 0.462. The molecule has 0 saturated carbocycles. The van der Waals surface area contributed by atoms with Crippen molar-refractivity contribution in [1.29, 1.82) is 0 Å². The standard InChI is InChI=1S/C13H17NO5/c1-17-5-4-14-13(16)8-18-9-2-3-10-11(15)7-19-12(10)6-9/h2-3,6,11,15H,4-5,7-8H2,1H3,(H,14,16). The monoisotopic (exact) mass is 267 g/mol. The van der Waals surface area contributed by atoms with Gasteiger partial charge in [0.15, 0.2) is 6.61 Å². The largest absolute Gasteiger partial charge is 0.490 e. The Balaban J connectivity index is 1.82. The van der Waals surface area contributed by atoms with Crippen molar-refractivity contribution < 1.29 is 24.1 Å². The Kier molecular flexibility index (Phi) is 4.59. The highest BCUT2D eigenvalue weighted by atomic mass is 16.5. The highest BCUT2D eigenvalue weighted by molar-refractivity contribution is 5.77. The zero-order valence-electron chi connectivity index (χ0n) is 10.7. The van der Waals surface area contributed by atoms with Gasteiger partial charge in [0.2, 0.25) is 0 Å². The number of aliphatic hydroxyl groups is 1. The molecule has 1 unspecified atom stereocenters. The Morgan fingerprint density at radius 3 is 3.21 bits per heavy atom. The highest BCUT2D eigenvalue weighted by Crippen LogP contribution is 2.34. The predicted molar refractivity (Wildman–Crippen MR) is 67.3 cm³/mol. The first-order chi connectivity index (χ1) is 9.20. The van der Waals surface area contributed by atoms with Crippen LogP contribution in [0.5, 0.6) is 11.5 Å². The van der Waals surface area contributed by atoms with Gasteiger partial charge in [-0.1, -0.05) is 0 Å². The van der Waals surface area contributed by atoms with Gasteiger partial charge in [-0.25, -0.2) is 0 Å². The minimum atomic E-state index is -0.582. The molecular weight excluding hydrogens is 250 g/mol. The molecule has 1 aliphatic rings. The molecule has 1 aromatic rings. The fourth-order valence-electron chi connectivity index (χ4n) is 1.76. The van der Waals surface area contributed by atoms with Gasteiger partial charge in [-0.2, -0.15) is 0 Å². The van der Waals surface area contributed by atoms with Crippen molar-refractivity contribution >= 4 is 5.91 Å². The minimum absolute atomic E-state index is 0.0644. The summed E-state index contributed by atoms with van der Waals surface area (Å²) in [6, 6.07) is 5.12. The summed E-state index contributed by atoms with van der Waals surface area (Å²) in [4.78, 5) is 11.4. The second kappa shape index (κ2) is 6.40. The van der Waals surface area contributed by atoms with Crippen LogP contribution in [0.1, 0.15) is 11.7 Å². The third kappa shape index (κ3) is 3.59. The molecule has 1 atom stereocenters. The molecule has 1 aromatic carbocycles.